The van der Waals surface area contributed by atoms with E-state index in [1.807, 2.05) is 36.1 Å². The molecular formula is C19H24N4O. The summed E-state index contributed by atoms with van der Waals surface area (Å²) in [6.07, 6.45) is 4.58. The fourth-order valence-corrected chi connectivity index (χ4v) is 3.30. The van der Waals surface area contributed by atoms with Crippen LogP contribution in [-0.4, -0.2) is 32.3 Å². The first-order valence-corrected chi connectivity index (χ1v) is 8.61. The predicted octanol–water partition coefficient (Wildman–Crippen LogP) is 3.36. The van der Waals surface area contributed by atoms with Gasteiger partial charge in [0.2, 0.25) is 0 Å². The number of amides is 1. The van der Waals surface area contributed by atoms with E-state index in [0.717, 1.165) is 37.2 Å². The highest BCUT2D eigenvalue weighted by molar-refractivity contribution is 5.92. The van der Waals surface area contributed by atoms with Crippen molar-refractivity contribution >= 4 is 5.91 Å². The van der Waals surface area contributed by atoms with Gasteiger partial charge in [-0.05, 0) is 50.3 Å². The third-order valence-electron chi connectivity index (χ3n) is 4.27. The molecule has 0 aromatic carbocycles. The van der Waals surface area contributed by atoms with Crippen molar-refractivity contribution in [3.8, 4) is 0 Å². The molecule has 5 heteroatoms. The highest BCUT2D eigenvalue weighted by Crippen LogP contribution is 2.31. The minimum atomic E-state index is -0.0151. The first kappa shape index (κ1) is 16.6. The van der Waals surface area contributed by atoms with Gasteiger partial charge in [-0.2, -0.15) is 0 Å². The third-order valence-corrected chi connectivity index (χ3v) is 4.27. The van der Waals surface area contributed by atoms with Crippen LogP contribution in [0.5, 0.6) is 0 Å². The summed E-state index contributed by atoms with van der Waals surface area (Å²) in [7, 11) is 0. The largest absolute Gasteiger partial charge is 0.329 e. The summed E-state index contributed by atoms with van der Waals surface area (Å²) in [6, 6.07) is 7.76. The van der Waals surface area contributed by atoms with Gasteiger partial charge in [0, 0.05) is 18.4 Å². The van der Waals surface area contributed by atoms with Crippen LogP contribution in [0.2, 0.25) is 0 Å². The predicted molar refractivity (Wildman–Crippen MR) is 92.6 cm³/mol. The van der Waals surface area contributed by atoms with Gasteiger partial charge in [-0.3, -0.25) is 9.78 Å². The van der Waals surface area contributed by atoms with Gasteiger partial charge in [-0.15, -0.1) is 0 Å². The molecule has 126 valence electrons. The number of rotatable bonds is 4. The molecule has 3 rings (SSSR count). The molecule has 1 unspecified atom stereocenters. The second-order valence-corrected chi connectivity index (χ2v) is 6.80. The molecule has 1 aliphatic rings. The van der Waals surface area contributed by atoms with Crippen LogP contribution in [0.25, 0.3) is 0 Å². The van der Waals surface area contributed by atoms with E-state index < -0.39 is 0 Å². The van der Waals surface area contributed by atoms with E-state index in [-0.39, 0.29) is 11.9 Å². The first-order chi connectivity index (χ1) is 11.5. The normalized spacial score (nSPS) is 17.5. The zero-order valence-electron chi connectivity index (χ0n) is 14.6. The molecule has 2 aromatic rings. The average Bonchev–Trinajstić information content (AvgIpc) is 3.03. The second-order valence-electron chi connectivity index (χ2n) is 6.80. The first-order valence-electron chi connectivity index (χ1n) is 8.61. The van der Waals surface area contributed by atoms with Gasteiger partial charge in [0.25, 0.3) is 5.91 Å². The third kappa shape index (κ3) is 3.61. The topological polar surface area (TPSA) is 59.0 Å². The molecule has 0 bridgehead atoms. The summed E-state index contributed by atoms with van der Waals surface area (Å²) in [5.74, 6) is 1.14. The molecule has 1 saturated heterocycles. The van der Waals surface area contributed by atoms with Crippen LogP contribution < -0.4 is 0 Å². The van der Waals surface area contributed by atoms with E-state index in [9.17, 15) is 4.79 Å². The second kappa shape index (κ2) is 7.07. The van der Waals surface area contributed by atoms with Gasteiger partial charge < -0.3 is 4.90 Å². The smallest absolute Gasteiger partial charge is 0.273 e. The Hall–Kier alpha value is -2.30. The van der Waals surface area contributed by atoms with Crippen LogP contribution in [0.1, 0.15) is 60.4 Å². The van der Waals surface area contributed by atoms with Crippen molar-refractivity contribution in [1.29, 1.82) is 0 Å². The molecule has 1 amide bonds. The molecular weight excluding hydrogens is 300 g/mol. The Morgan fingerprint density at radius 2 is 2.17 bits per heavy atom. The Kier molecular flexibility index (Phi) is 4.88. The average molecular weight is 324 g/mol. The lowest BCUT2D eigenvalue weighted by Gasteiger charge is -2.24. The fraction of sp³-hybridized carbons (Fsp3) is 0.474. The summed E-state index contributed by atoms with van der Waals surface area (Å²) in [5.41, 5.74) is 2.40. The van der Waals surface area contributed by atoms with Gasteiger partial charge in [-0.1, -0.05) is 19.9 Å². The van der Waals surface area contributed by atoms with Crippen molar-refractivity contribution in [2.24, 2.45) is 5.92 Å². The van der Waals surface area contributed by atoms with E-state index in [1.165, 1.54) is 0 Å². The molecule has 0 radical (unpaired) electrons. The summed E-state index contributed by atoms with van der Waals surface area (Å²) in [4.78, 5) is 28.2. The van der Waals surface area contributed by atoms with Crippen LogP contribution in [0.4, 0.5) is 0 Å². The molecule has 3 heterocycles. The van der Waals surface area contributed by atoms with Crippen molar-refractivity contribution in [3.05, 3.63) is 53.4 Å². The van der Waals surface area contributed by atoms with Crippen molar-refractivity contribution in [3.63, 3.8) is 0 Å². The van der Waals surface area contributed by atoms with Crippen molar-refractivity contribution in [1.82, 2.24) is 19.9 Å². The van der Waals surface area contributed by atoms with Crippen LogP contribution in [-0.2, 0) is 6.42 Å². The number of nitrogens with zero attached hydrogens (tertiary/aromatic N) is 4. The highest BCUT2D eigenvalue weighted by atomic mass is 16.2. The lowest BCUT2D eigenvalue weighted by atomic mass is 10.1. The van der Waals surface area contributed by atoms with Crippen molar-refractivity contribution in [2.45, 2.75) is 46.1 Å². The SMILES string of the molecule is Cc1nc(CC(C)C)cc(C(=O)N2CCCC2c2ccccn2)n1. The van der Waals surface area contributed by atoms with Gasteiger partial charge in [0.05, 0.1) is 11.7 Å². The minimum Gasteiger partial charge on any atom is -0.329 e. The molecule has 0 N–H and O–H groups in total. The number of carbonyl (C=O) groups is 1. The zero-order chi connectivity index (χ0) is 17.1. The molecule has 0 spiro atoms. The maximum Gasteiger partial charge on any atom is 0.273 e. The number of hydrogen-bond donors (Lipinski definition) is 0. The lowest BCUT2D eigenvalue weighted by molar-refractivity contribution is 0.0726. The maximum absolute atomic E-state index is 13.0. The zero-order valence-corrected chi connectivity index (χ0v) is 14.6. The van der Waals surface area contributed by atoms with E-state index in [0.29, 0.717) is 17.4 Å². The lowest BCUT2D eigenvalue weighted by Crippen LogP contribution is -2.32. The van der Waals surface area contributed by atoms with Crippen LogP contribution in [0.15, 0.2) is 30.5 Å². The van der Waals surface area contributed by atoms with E-state index in [4.69, 9.17) is 0 Å². The number of aromatic nitrogens is 3. The van der Waals surface area contributed by atoms with Crippen LogP contribution in [0.3, 0.4) is 0 Å². The summed E-state index contributed by atoms with van der Waals surface area (Å²) in [6.45, 7) is 6.90. The van der Waals surface area contributed by atoms with Gasteiger partial charge >= 0.3 is 0 Å². The Balaban J connectivity index is 1.87. The van der Waals surface area contributed by atoms with Gasteiger partial charge in [-0.25, -0.2) is 9.97 Å². The molecule has 0 saturated carbocycles. The molecule has 5 nitrogen and oxygen atoms in total. The standard InChI is InChI=1S/C19H24N4O/c1-13(2)11-15-12-17(22-14(3)21-15)19(24)23-10-6-8-18(23)16-7-4-5-9-20-16/h4-5,7,9,12-13,18H,6,8,10-11H2,1-3H3. The number of aryl methyl sites for hydroxylation is 1. The Morgan fingerprint density at radius 1 is 1.33 bits per heavy atom. The maximum atomic E-state index is 13.0. The highest BCUT2D eigenvalue weighted by Gasteiger charge is 2.32. The monoisotopic (exact) mass is 324 g/mol. The summed E-state index contributed by atoms with van der Waals surface area (Å²) >= 11 is 0. The van der Waals surface area contributed by atoms with E-state index >= 15 is 0 Å². The van der Waals surface area contributed by atoms with Crippen molar-refractivity contribution < 1.29 is 4.79 Å². The molecule has 1 fully saturated rings. The van der Waals surface area contributed by atoms with Gasteiger partial charge in [0.15, 0.2) is 0 Å². The quantitative estimate of drug-likeness (QED) is 0.865. The number of pyridine rings is 1. The van der Waals surface area contributed by atoms with Crippen molar-refractivity contribution in [2.75, 3.05) is 6.54 Å². The number of carbonyl (C=O) groups excluding carboxylic acids is 1. The Labute approximate surface area is 143 Å². The van der Waals surface area contributed by atoms with E-state index in [2.05, 4.69) is 28.8 Å². The Bertz CT molecular complexity index is 715. The van der Waals surface area contributed by atoms with Crippen LogP contribution >= 0.6 is 0 Å². The van der Waals surface area contributed by atoms with Crippen LogP contribution in [0, 0.1) is 12.8 Å². The van der Waals surface area contributed by atoms with E-state index in [1.54, 1.807) is 6.20 Å². The number of hydrogen-bond acceptors (Lipinski definition) is 4. The molecule has 1 atom stereocenters. The van der Waals surface area contributed by atoms with Gasteiger partial charge in [0.1, 0.15) is 11.5 Å². The Morgan fingerprint density at radius 3 is 2.88 bits per heavy atom. The summed E-state index contributed by atoms with van der Waals surface area (Å²) in [5, 5.41) is 0. The molecule has 2 aromatic heterocycles. The number of likely N-dealkylation sites (tertiary alicyclic amines) is 1. The summed E-state index contributed by atoms with van der Waals surface area (Å²) < 4.78 is 0. The fourth-order valence-electron chi connectivity index (χ4n) is 3.30. The molecule has 0 aliphatic carbocycles. The molecule has 1 aliphatic heterocycles. The minimum absolute atomic E-state index is 0.0151. The molecule has 24 heavy (non-hydrogen) atoms.